The Morgan fingerprint density at radius 3 is 2.37 bits per heavy atom. The summed E-state index contributed by atoms with van der Waals surface area (Å²) in [6.45, 7) is 0.821. The molecule has 2 aromatic rings. The van der Waals surface area contributed by atoms with Crippen molar-refractivity contribution in [3.8, 4) is 0 Å². The van der Waals surface area contributed by atoms with Gasteiger partial charge in [0.05, 0.1) is 0 Å². The van der Waals surface area contributed by atoms with Crippen LogP contribution in [-0.4, -0.2) is 24.8 Å². The summed E-state index contributed by atoms with van der Waals surface area (Å²) < 4.78 is 0. The number of nitrogens with zero attached hydrogens (tertiary/aromatic N) is 1. The molecular weight excluding hydrogens is 258 g/mol. The molecule has 98 valence electrons. The van der Waals surface area contributed by atoms with E-state index in [1.165, 1.54) is 0 Å². The molecule has 0 saturated heterocycles. The second-order valence-corrected chi connectivity index (χ2v) is 5.21. The van der Waals surface area contributed by atoms with E-state index in [-0.39, 0.29) is 5.78 Å². The second-order valence-electron chi connectivity index (χ2n) is 4.77. The molecule has 0 unspecified atom stereocenters. The van der Waals surface area contributed by atoms with E-state index in [4.69, 9.17) is 11.6 Å². The van der Waals surface area contributed by atoms with Crippen LogP contribution < -0.4 is 0 Å². The summed E-state index contributed by atoms with van der Waals surface area (Å²) in [6, 6.07) is 14.7. The van der Waals surface area contributed by atoms with Gasteiger partial charge in [0.2, 0.25) is 0 Å². The first kappa shape index (κ1) is 13.8. The van der Waals surface area contributed by atoms with Crippen molar-refractivity contribution in [3.05, 3.63) is 70.2 Å². The normalized spacial score (nSPS) is 10.7. The molecular formula is C16H16ClNO. The van der Waals surface area contributed by atoms with Gasteiger partial charge in [0, 0.05) is 22.7 Å². The van der Waals surface area contributed by atoms with Gasteiger partial charge in [-0.25, -0.2) is 0 Å². The van der Waals surface area contributed by atoms with E-state index >= 15 is 0 Å². The van der Waals surface area contributed by atoms with E-state index in [9.17, 15) is 4.79 Å². The SMILES string of the molecule is CN(C)Cc1cccc(C(=O)c2ccc(Cl)cc2)c1. The van der Waals surface area contributed by atoms with E-state index in [1.807, 2.05) is 38.4 Å². The van der Waals surface area contributed by atoms with E-state index in [0.717, 1.165) is 12.1 Å². The average molecular weight is 274 g/mol. The molecule has 0 aliphatic rings. The average Bonchev–Trinajstić information content (AvgIpc) is 2.38. The molecule has 2 aromatic carbocycles. The lowest BCUT2D eigenvalue weighted by atomic mass is 10.0. The van der Waals surface area contributed by atoms with Crippen molar-refractivity contribution in [2.24, 2.45) is 0 Å². The van der Waals surface area contributed by atoms with Gasteiger partial charge in [-0.05, 0) is 50.0 Å². The Kier molecular flexibility index (Phi) is 4.35. The van der Waals surface area contributed by atoms with Crippen molar-refractivity contribution >= 4 is 17.4 Å². The molecule has 3 heteroatoms. The van der Waals surface area contributed by atoms with Crippen LogP contribution in [-0.2, 0) is 6.54 Å². The Bertz CT molecular complexity index is 576. The lowest BCUT2D eigenvalue weighted by Gasteiger charge is -2.10. The highest BCUT2D eigenvalue weighted by atomic mass is 35.5. The molecule has 0 saturated carbocycles. The lowest BCUT2D eigenvalue weighted by Crippen LogP contribution is -2.11. The lowest BCUT2D eigenvalue weighted by molar-refractivity contribution is 0.103. The summed E-state index contributed by atoms with van der Waals surface area (Å²) in [5, 5.41) is 0.637. The summed E-state index contributed by atoms with van der Waals surface area (Å²) in [5.41, 5.74) is 2.50. The standard InChI is InChI=1S/C16H16ClNO/c1-18(2)11-12-4-3-5-14(10-12)16(19)13-6-8-15(17)9-7-13/h3-10H,11H2,1-2H3. The van der Waals surface area contributed by atoms with Crippen LogP contribution in [0, 0.1) is 0 Å². The van der Waals surface area contributed by atoms with Crippen LogP contribution in [0.15, 0.2) is 48.5 Å². The minimum atomic E-state index is 0.0253. The number of hydrogen-bond acceptors (Lipinski definition) is 2. The number of ketones is 1. The Hall–Kier alpha value is -1.64. The summed E-state index contributed by atoms with van der Waals surface area (Å²) in [4.78, 5) is 14.4. The first-order chi connectivity index (χ1) is 9.06. The number of hydrogen-bond donors (Lipinski definition) is 0. The number of carbonyl (C=O) groups is 1. The van der Waals surface area contributed by atoms with Gasteiger partial charge in [0.1, 0.15) is 0 Å². The predicted octanol–water partition coefficient (Wildman–Crippen LogP) is 3.63. The molecule has 0 fully saturated rings. The van der Waals surface area contributed by atoms with E-state index in [2.05, 4.69) is 4.90 Å². The number of carbonyl (C=O) groups excluding carboxylic acids is 1. The third kappa shape index (κ3) is 3.66. The van der Waals surface area contributed by atoms with Gasteiger partial charge in [0.25, 0.3) is 0 Å². The van der Waals surface area contributed by atoms with Gasteiger partial charge in [-0.2, -0.15) is 0 Å². The van der Waals surface area contributed by atoms with Crippen LogP contribution in [0.1, 0.15) is 21.5 Å². The van der Waals surface area contributed by atoms with Crippen LogP contribution >= 0.6 is 11.6 Å². The highest BCUT2D eigenvalue weighted by molar-refractivity contribution is 6.30. The fraction of sp³-hybridized carbons (Fsp3) is 0.188. The van der Waals surface area contributed by atoms with Gasteiger partial charge in [-0.1, -0.05) is 29.8 Å². The Morgan fingerprint density at radius 2 is 1.74 bits per heavy atom. The van der Waals surface area contributed by atoms with Crippen molar-refractivity contribution in [3.63, 3.8) is 0 Å². The summed E-state index contributed by atoms with van der Waals surface area (Å²) in [7, 11) is 4.02. The van der Waals surface area contributed by atoms with E-state index in [1.54, 1.807) is 24.3 Å². The van der Waals surface area contributed by atoms with Crippen LogP contribution in [0.2, 0.25) is 5.02 Å². The molecule has 0 aliphatic carbocycles. The maximum atomic E-state index is 12.3. The smallest absolute Gasteiger partial charge is 0.193 e. The fourth-order valence-electron chi connectivity index (χ4n) is 1.94. The molecule has 0 heterocycles. The first-order valence-corrected chi connectivity index (χ1v) is 6.48. The summed E-state index contributed by atoms with van der Waals surface area (Å²) in [5.74, 6) is 0.0253. The predicted molar refractivity (Wildman–Crippen MR) is 78.7 cm³/mol. The van der Waals surface area contributed by atoms with E-state index in [0.29, 0.717) is 16.1 Å². The number of halogens is 1. The van der Waals surface area contributed by atoms with Gasteiger partial charge in [-0.15, -0.1) is 0 Å². The molecule has 19 heavy (non-hydrogen) atoms. The largest absolute Gasteiger partial charge is 0.305 e. The zero-order valence-corrected chi connectivity index (χ0v) is 11.8. The molecule has 0 bridgehead atoms. The van der Waals surface area contributed by atoms with Gasteiger partial charge in [0.15, 0.2) is 5.78 Å². The highest BCUT2D eigenvalue weighted by Gasteiger charge is 2.09. The van der Waals surface area contributed by atoms with Crippen LogP contribution in [0.4, 0.5) is 0 Å². The topological polar surface area (TPSA) is 20.3 Å². The van der Waals surface area contributed by atoms with Crippen molar-refractivity contribution < 1.29 is 4.79 Å². The Balaban J connectivity index is 2.26. The van der Waals surface area contributed by atoms with Crippen LogP contribution in [0.3, 0.4) is 0 Å². The Labute approximate surface area is 118 Å². The molecule has 0 radical (unpaired) electrons. The van der Waals surface area contributed by atoms with Crippen LogP contribution in [0.25, 0.3) is 0 Å². The van der Waals surface area contributed by atoms with E-state index < -0.39 is 0 Å². The molecule has 0 aromatic heterocycles. The minimum Gasteiger partial charge on any atom is -0.305 e. The quantitative estimate of drug-likeness (QED) is 0.793. The molecule has 0 spiro atoms. The molecule has 0 N–H and O–H groups in total. The molecule has 0 atom stereocenters. The van der Waals surface area contributed by atoms with Crippen LogP contribution in [0.5, 0.6) is 0 Å². The first-order valence-electron chi connectivity index (χ1n) is 6.10. The maximum absolute atomic E-state index is 12.3. The van der Waals surface area contributed by atoms with Gasteiger partial charge >= 0.3 is 0 Å². The zero-order valence-electron chi connectivity index (χ0n) is 11.1. The summed E-state index contributed by atoms with van der Waals surface area (Å²) in [6.07, 6.45) is 0. The van der Waals surface area contributed by atoms with Crippen molar-refractivity contribution in [1.82, 2.24) is 4.90 Å². The van der Waals surface area contributed by atoms with Crippen molar-refractivity contribution in [2.45, 2.75) is 6.54 Å². The fourth-order valence-corrected chi connectivity index (χ4v) is 2.07. The third-order valence-corrected chi connectivity index (χ3v) is 3.05. The molecule has 0 amide bonds. The Morgan fingerprint density at radius 1 is 1.05 bits per heavy atom. The number of rotatable bonds is 4. The minimum absolute atomic E-state index is 0.0253. The molecule has 2 nitrogen and oxygen atoms in total. The maximum Gasteiger partial charge on any atom is 0.193 e. The van der Waals surface area contributed by atoms with Crippen molar-refractivity contribution in [1.29, 1.82) is 0 Å². The van der Waals surface area contributed by atoms with Crippen molar-refractivity contribution in [2.75, 3.05) is 14.1 Å². The third-order valence-electron chi connectivity index (χ3n) is 2.79. The zero-order chi connectivity index (χ0) is 13.8. The molecule has 2 rings (SSSR count). The highest BCUT2D eigenvalue weighted by Crippen LogP contribution is 2.15. The second kappa shape index (κ2) is 6.00. The monoisotopic (exact) mass is 273 g/mol. The number of benzene rings is 2. The molecule has 0 aliphatic heterocycles. The summed E-state index contributed by atoms with van der Waals surface area (Å²) >= 11 is 5.83. The van der Waals surface area contributed by atoms with Gasteiger partial charge < -0.3 is 4.90 Å². The van der Waals surface area contributed by atoms with Gasteiger partial charge in [-0.3, -0.25) is 4.79 Å².